The molecule has 2 N–H and O–H groups in total. The van der Waals surface area contributed by atoms with E-state index < -0.39 is 5.91 Å². The van der Waals surface area contributed by atoms with Gasteiger partial charge in [-0.05, 0) is 62.2 Å². The highest BCUT2D eigenvalue weighted by molar-refractivity contribution is 6.34. The molecule has 0 fully saturated rings. The number of aromatic amines is 1. The molecule has 0 aliphatic heterocycles. The molecule has 9 heteroatoms. The molecule has 4 rings (SSSR count). The number of carbonyl (C=O) groups is 1. The monoisotopic (exact) mass is 476 g/mol. The number of anilines is 1. The number of ether oxygens (including phenoxy) is 1. The molecule has 2 heterocycles. The van der Waals surface area contributed by atoms with E-state index in [4.69, 9.17) is 16.3 Å². The van der Waals surface area contributed by atoms with Gasteiger partial charge in [0.15, 0.2) is 0 Å². The van der Waals surface area contributed by atoms with Crippen LogP contribution in [0, 0.1) is 13.8 Å². The van der Waals surface area contributed by atoms with Crippen LogP contribution in [-0.2, 0) is 6.42 Å². The standard InChI is InChI=1S/C25H25ClN6O2/c1-16-12-17(2)30-25(29-16)31-32(15-28-24(33)20-6-4-5-7-22(20)26)11-10-18-14-27-23-9-8-19(34-3)13-21(18)23/h4-9,12-15,27H,10-11H2,1-3H3,(H,29,30,31). The van der Waals surface area contributed by atoms with Crippen LogP contribution in [0.4, 0.5) is 5.95 Å². The zero-order chi connectivity index (χ0) is 24.1. The lowest BCUT2D eigenvalue weighted by Crippen LogP contribution is -2.32. The Labute approximate surface area is 202 Å². The Kier molecular flexibility index (Phi) is 7.08. The highest BCUT2D eigenvalue weighted by atomic mass is 35.5. The normalized spacial score (nSPS) is 11.2. The summed E-state index contributed by atoms with van der Waals surface area (Å²) in [6.45, 7) is 4.30. The van der Waals surface area contributed by atoms with Crippen LogP contribution in [0.2, 0.25) is 5.02 Å². The number of amides is 1. The van der Waals surface area contributed by atoms with Crippen LogP contribution in [-0.4, -0.2) is 45.9 Å². The molecule has 0 atom stereocenters. The predicted molar refractivity (Wildman–Crippen MR) is 135 cm³/mol. The summed E-state index contributed by atoms with van der Waals surface area (Å²) < 4.78 is 5.37. The third-order valence-electron chi connectivity index (χ3n) is 5.24. The molecule has 0 bridgehead atoms. The van der Waals surface area contributed by atoms with Gasteiger partial charge in [0.05, 0.1) is 17.7 Å². The van der Waals surface area contributed by atoms with Crippen LogP contribution < -0.4 is 10.2 Å². The molecule has 0 spiro atoms. The molecule has 4 aromatic rings. The van der Waals surface area contributed by atoms with Gasteiger partial charge in [0.1, 0.15) is 12.1 Å². The lowest BCUT2D eigenvalue weighted by molar-refractivity contribution is 0.100. The number of carbonyl (C=O) groups excluding carboxylic acids is 1. The maximum absolute atomic E-state index is 12.6. The van der Waals surface area contributed by atoms with Crippen LogP contribution in [0.15, 0.2) is 59.7 Å². The summed E-state index contributed by atoms with van der Waals surface area (Å²) in [5, 5.41) is 3.13. The summed E-state index contributed by atoms with van der Waals surface area (Å²) in [6, 6.07) is 14.6. The summed E-state index contributed by atoms with van der Waals surface area (Å²) in [7, 11) is 1.65. The number of rotatable bonds is 8. The Balaban J connectivity index is 1.57. The van der Waals surface area contributed by atoms with E-state index in [0.29, 0.717) is 29.5 Å². The van der Waals surface area contributed by atoms with Crippen LogP contribution in [0.1, 0.15) is 27.3 Å². The van der Waals surface area contributed by atoms with E-state index in [2.05, 4.69) is 25.4 Å². The number of nitrogens with zero attached hydrogens (tertiary/aromatic N) is 4. The van der Waals surface area contributed by atoms with E-state index in [1.807, 2.05) is 44.3 Å². The van der Waals surface area contributed by atoms with Gasteiger partial charge in [-0.15, -0.1) is 0 Å². The Morgan fingerprint density at radius 1 is 1.18 bits per heavy atom. The van der Waals surface area contributed by atoms with Crippen LogP contribution in [0.5, 0.6) is 5.75 Å². The minimum absolute atomic E-state index is 0.340. The van der Waals surface area contributed by atoms with Crippen LogP contribution >= 0.6 is 11.6 Å². The van der Waals surface area contributed by atoms with E-state index in [0.717, 1.165) is 33.6 Å². The van der Waals surface area contributed by atoms with Crippen molar-refractivity contribution in [1.82, 2.24) is 20.0 Å². The quantitative estimate of drug-likeness (QED) is 0.211. The number of aryl methyl sites for hydroxylation is 2. The smallest absolute Gasteiger partial charge is 0.279 e. The molecular formula is C25H25ClN6O2. The maximum atomic E-state index is 12.6. The van der Waals surface area contributed by atoms with Crippen LogP contribution in [0.3, 0.4) is 0 Å². The number of aliphatic imine (C=N–C) groups is 1. The van der Waals surface area contributed by atoms with Gasteiger partial charge in [0, 0.05) is 35.0 Å². The minimum Gasteiger partial charge on any atom is -0.497 e. The second-order valence-corrected chi connectivity index (χ2v) is 8.19. The molecule has 0 saturated heterocycles. The van der Waals surface area contributed by atoms with E-state index in [1.54, 1.807) is 36.4 Å². The number of halogens is 1. The summed E-state index contributed by atoms with van der Waals surface area (Å²) in [5.74, 6) is 0.782. The average Bonchev–Trinajstić information content (AvgIpc) is 3.22. The first-order chi connectivity index (χ1) is 16.4. The van der Waals surface area contributed by atoms with E-state index in [9.17, 15) is 4.79 Å². The molecule has 0 unspecified atom stereocenters. The molecule has 2 aromatic carbocycles. The Bertz CT molecular complexity index is 1330. The molecule has 8 nitrogen and oxygen atoms in total. The van der Waals surface area contributed by atoms with E-state index >= 15 is 0 Å². The van der Waals surface area contributed by atoms with Crippen molar-refractivity contribution in [2.45, 2.75) is 20.3 Å². The molecular weight excluding hydrogens is 452 g/mol. The lowest BCUT2D eigenvalue weighted by Gasteiger charge is -2.20. The van der Waals surface area contributed by atoms with Gasteiger partial charge in [-0.25, -0.2) is 9.97 Å². The number of hydrazine groups is 1. The molecule has 1 amide bonds. The fraction of sp³-hybridized carbons (Fsp3) is 0.200. The van der Waals surface area contributed by atoms with E-state index in [-0.39, 0.29) is 0 Å². The van der Waals surface area contributed by atoms with Crippen molar-refractivity contribution in [1.29, 1.82) is 0 Å². The first-order valence-corrected chi connectivity index (χ1v) is 11.1. The first kappa shape index (κ1) is 23.3. The molecule has 174 valence electrons. The summed E-state index contributed by atoms with van der Waals surface area (Å²) in [6.07, 6.45) is 4.08. The Morgan fingerprint density at radius 2 is 1.94 bits per heavy atom. The number of hydrogen-bond acceptors (Lipinski definition) is 5. The lowest BCUT2D eigenvalue weighted by atomic mass is 10.1. The fourth-order valence-electron chi connectivity index (χ4n) is 3.61. The number of aromatic nitrogens is 3. The number of H-pyrrole nitrogens is 1. The van der Waals surface area contributed by atoms with Crippen LogP contribution in [0.25, 0.3) is 10.9 Å². The molecule has 0 aliphatic carbocycles. The maximum Gasteiger partial charge on any atom is 0.279 e. The second-order valence-electron chi connectivity index (χ2n) is 7.78. The van der Waals surface area contributed by atoms with Gasteiger partial charge in [-0.1, -0.05) is 23.7 Å². The number of hydrogen-bond donors (Lipinski definition) is 2. The molecule has 34 heavy (non-hydrogen) atoms. The summed E-state index contributed by atoms with van der Waals surface area (Å²) in [5.41, 5.74) is 7.30. The van der Waals surface area contributed by atoms with Crippen molar-refractivity contribution < 1.29 is 9.53 Å². The van der Waals surface area contributed by atoms with Crippen molar-refractivity contribution in [3.8, 4) is 5.75 Å². The number of fused-ring (bicyclic) bond motifs is 1. The van der Waals surface area contributed by atoms with Gasteiger partial charge < -0.3 is 9.72 Å². The van der Waals surface area contributed by atoms with Crippen molar-refractivity contribution in [2.75, 3.05) is 19.1 Å². The molecule has 0 aliphatic rings. The zero-order valence-corrected chi connectivity index (χ0v) is 19.9. The van der Waals surface area contributed by atoms with Crippen molar-refractivity contribution in [2.24, 2.45) is 4.99 Å². The third kappa shape index (κ3) is 5.52. The number of nitrogens with one attached hydrogen (secondary N) is 2. The second kappa shape index (κ2) is 10.4. The van der Waals surface area contributed by atoms with E-state index in [1.165, 1.54) is 6.34 Å². The highest BCUT2D eigenvalue weighted by Crippen LogP contribution is 2.24. The van der Waals surface area contributed by atoms with Gasteiger partial charge in [-0.3, -0.25) is 15.2 Å². The largest absolute Gasteiger partial charge is 0.497 e. The number of benzene rings is 2. The number of methoxy groups -OCH3 is 1. The molecule has 0 saturated carbocycles. The average molecular weight is 477 g/mol. The fourth-order valence-corrected chi connectivity index (χ4v) is 3.82. The summed E-state index contributed by atoms with van der Waals surface area (Å²) in [4.78, 5) is 28.9. The highest BCUT2D eigenvalue weighted by Gasteiger charge is 2.12. The molecule has 2 aromatic heterocycles. The van der Waals surface area contributed by atoms with Gasteiger partial charge in [-0.2, -0.15) is 4.99 Å². The van der Waals surface area contributed by atoms with Crippen molar-refractivity contribution in [3.63, 3.8) is 0 Å². The minimum atomic E-state index is -0.435. The SMILES string of the molecule is COc1ccc2[nH]cc(CCN(C=NC(=O)c3ccccc3Cl)Nc3nc(C)cc(C)n3)c2c1. The Morgan fingerprint density at radius 3 is 2.68 bits per heavy atom. The zero-order valence-electron chi connectivity index (χ0n) is 19.2. The predicted octanol–water partition coefficient (Wildman–Crippen LogP) is 4.98. The van der Waals surface area contributed by atoms with Crippen molar-refractivity contribution in [3.05, 3.63) is 82.3 Å². The van der Waals surface area contributed by atoms with Gasteiger partial charge in [0.2, 0.25) is 5.95 Å². The van der Waals surface area contributed by atoms with Gasteiger partial charge in [0.25, 0.3) is 5.91 Å². The molecule has 0 radical (unpaired) electrons. The first-order valence-electron chi connectivity index (χ1n) is 10.8. The van der Waals surface area contributed by atoms with Gasteiger partial charge >= 0.3 is 0 Å². The summed E-state index contributed by atoms with van der Waals surface area (Å²) >= 11 is 6.15. The van der Waals surface area contributed by atoms with Crippen molar-refractivity contribution >= 4 is 40.7 Å². The topological polar surface area (TPSA) is 95.5 Å². The Hall–Kier alpha value is -3.91. The third-order valence-corrected chi connectivity index (χ3v) is 5.57.